The highest BCUT2D eigenvalue weighted by Crippen LogP contribution is 2.34. The average molecular weight is 453 g/mol. The molecule has 0 radical (unpaired) electrons. The number of carbonyl (C=O) groups excluding carboxylic acids is 1. The summed E-state index contributed by atoms with van der Waals surface area (Å²) < 4.78 is 78.5. The minimum absolute atomic E-state index is 0.00631. The molecule has 2 heterocycles. The average Bonchev–Trinajstić information content (AvgIpc) is 3.04. The molecule has 0 aliphatic rings. The van der Waals surface area contributed by atoms with E-state index in [0.29, 0.717) is 25.1 Å². The van der Waals surface area contributed by atoms with E-state index >= 15 is 0 Å². The normalized spacial score (nSPS) is 12.5. The smallest absolute Gasteiger partial charge is 0.334 e. The van der Waals surface area contributed by atoms with Crippen molar-refractivity contribution in [3.63, 3.8) is 0 Å². The number of imidazole rings is 1. The number of pyridine rings is 1. The van der Waals surface area contributed by atoms with Crippen molar-refractivity contribution in [3.8, 4) is 0 Å². The predicted molar refractivity (Wildman–Crippen MR) is 101 cm³/mol. The minimum Gasteiger partial charge on any atom is -0.334 e. The van der Waals surface area contributed by atoms with Crippen LogP contribution in [0.5, 0.6) is 0 Å². The Morgan fingerprint density at radius 3 is 2.06 bits per heavy atom. The van der Waals surface area contributed by atoms with E-state index in [-0.39, 0.29) is 11.2 Å². The molecule has 2 aromatic heterocycles. The monoisotopic (exact) mass is 453 g/mol. The molecule has 0 bridgehead atoms. The Bertz CT molecular complexity index is 861. The summed E-state index contributed by atoms with van der Waals surface area (Å²) in [6, 6.07) is 0.427. The lowest BCUT2D eigenvalue weighted by atomic mass is 10.1. The number of halogens is 6. The molecule has 0 aliphatic heterocycles. The van der Waals surface area contributed by atoms with Gasteiger partial charge in [0.1, 0.15) is 5.52 Å². The third kappa shape index (κ3) is 7.39. The highest BCUT2D eigenvalue weighted by molar-refractivity contribution is 5.75. The van der Waals surface area contributed by atoms with E-state index in [1.54, 1.807) is 0 Å². The standard InChI is InChI=1S/C20H25F6N3O2/c1-2-3-4-5-6-7-8-9-10-11-16(30)31-29-15-12-14(19(21,22)23)13-27-17(15)28-18(29)20(24,25)26/h12-13H,2-11H2,1H3. The van der Waals surface area contributed by atoms with Gasteiger partial charge >= 0.3 is 18.3 Å². The second kappa shape index (κ2) is 10.8. The number of carbonyl (C=O) groups is 1. The van der Waals surface area contributed by atoms with E-state index in [4.69, 9.17) is 4.84 Å². The predicted octanol–water partition coefficient (Wildman–Crippen LogP) is 6.35. The van der Waals surface area contributed by atoms with Gasteiger partial charge in [0.05, 0.1) is 5.56 Å². The molecule has 31 heavy (non-hydrogen) atoms. The molecule has 174 valence electrons. The summed E-state index contributed by atoms with van der Waals surface area (Å²) in [6.45, 7) is 2.13. The van der Waals surface area contributed by atoms with E-state index in [2.05, 4.69) is 16.9 Å². The van der Waals surface area contributed by atoms with Gasteiger partial charge in [-0.25, -0.2) is 14.8 Å². The number of hydrogen-bond acceptors (Lipinski definition) is 4. The summed E-state index contributed by atoms with van der Waals surface area (Å²) in [5.41, 5.74) is -2.55. The van der Waals surface area contributed by atoms with E-state index in [1.807, 2.05) is 0 Å². The Balaban J connectivity index is 2.00. The van der Waals surface area contributed by atoms with Crippen LogP contribution in [-0.4, -0.2) is 20.7 Å². The topological polar surface area (TPSA) is 57.0 Å². The number of alkyl halides is 6. The molecule has 0 saturated carbocycles. The quantitative estimate of drug-likeness (QED) is 0.294. The molecule has 0 unspecified atom stereocenters. The summed E-state index contributed by atoms with van der Waals surface area (Å²) >= 11 is 0. The Hall–Kier alpha value is -2.33. The first kappa shape index (κ1) is 24.9. The van der Waals surface area contributed by atoms with Crippen LogP contribution in [0, 0.1) is 0 Å². The second-order valence-electron chi connectivity index (χ2n) is 7.33. The number of unbranched alkanes of at least 4 members (excludes halogenated alkanes) is 8. The number of rotatable bonds is 11. The van der Waals surface area contributed by atoms with Crippen molar-refractivity contribution in [2.45, 2.75) is 83.5 Å². The summed E-state index contributed by atoms with van der Waals surface area (Å²) in [6.07, 6.45) is -0.828. The Kier molecular flexibility index (Phi) is 8.69. The largest absolute Gasteiger partial charge is 0.453 e. The fraction of sp³-hybridized carbons (Fsp3) is 0.650. The summed E-state index contributed by atoms with van der Waals surface area (Å²) in [7, 11) is 0. The molecule has 2 aromatic rings. The fourth-order valence-electron chi connectivity index (χ4n) is 3.09. The summed E-state index contributed by atoms with van der Waals surface area (Å²) in [5.74, 6) is -2.63. The second-order valence-corrected chi connectivity index (χ2v) is 7.33. The Morgan fingerprint density at radius 2 is 1.52 bits per heavy atom. The first-order valence-corrected chi connectivity index (χ1v) is 10.3. The van der Waals surface area contributed by atoms with Gasteiger partial charge in [-0.1, -0.05) is 58.3 Å². The molecular weight excluding hydrogens is 428 g/mol. The van der Waals surface area contributed by atoms with E-state index in [1.165, 1.54) is 12.8 Å². The van der Waals surface area contributed by atoms with Gasteiger partial charge in [0.15, 0.2) is 5.65 Å². The fourth-order valence-corrected chi connectivity index (χ4v) is 3.09. The molecule has 2 rings (SSSR count). The molecular formula is C20H25F6N3O2. The summed E-state index contributed by atoms with van der Waals surface area (Å²) in [4.78, 5) is 23.3. The zero-order valence-electron chi connectivity index (χ0n) is 17.2. The van der Waals surface area contributed by atoms with Crippen molar-refractivity contribution < 1.29 is 36.0 Å². The number of hydrogen-bond donors (Lipinski definition) is 0. The number of aromatic nitrogens is 3. The van der Waals surface area contributed by atoms with Gasteiger partial charge in [-0.2, -0.15) is 26.3 Å². The lowest BCUT2D eigenvalue weighted by molar-refractivity contribution is -0.162. The van der Waals surface area contributed by atoms with E-state index < -0.39 is 40.9 Å². The first-order valence-electron chi connectivity index (χ1n) is 10.3. The lowest BCUT2D eigenvalue weighted by Crippen LogP contribution is -2.25. The third-order valence-electron chi connectivity index (χ3n) is 4.73. The van der Waals surface area contributed by atoms with Crippen LogP contribution in [0.25, 0.3) is 11.2 Å². The van der Waals surface area contributed by atoms with Crippen molar-refractivity contribution >= 4 is 17.1 Å². The summed E-state index contributed by atoms with van der Waals surface area (Å²) in [5, 5.41) is 0. The van der Waals surface area contributed by atoms with Gasteiger partial charge in [0.25, 0.3) is 5.82 Å². The Labute approximate surface area is 175 Å². The van der Waals surface area contributed by atoms with Crippen molar-refractivity contribution in [3.05, 3.63) is 23.7 Å². The lowest BCUT2D eigenvalue weighted by Gasteiger charge is -2.11. The highest BCUT2D eigenvalue weighted by atomic mass is 19.4. The third-order valence-corrected chi connectivity index (χ3v) is 4.73. The van der Waals surface area contributed by atoms with Crippen molar-refractivity contribution in [2.75, 3.05) is 0 Å². The molecule has 0 atom stereocenters. The molecule has 0 spiro atoms. The van der Waals surface area contributed by atoms with E-state index in [0.717, 1.165) is 32.1 Å². The molecule has 0 aliphatic carbocycles. The molecule has 11 heteroatoms. The molecule has 0 fully saturated rings. The zero-order chi connectivity index (χ0) is 23.1. The van der Waals surface area contributed by atoms with Crippen LogP contribution in [0.2, 0.25) is 0 Å². The van der Waals surface area contributed by atoms with Crippen molar-refractivity contribution in [1.82, 2.24) is 14.7 Å². The van der Waals surface area contributed by atoms with Gasteiger partial charge in [-0.3, -0.25) is 0 Å². The van der Waals surface area contributed by atoms with Crippen molar-refractivity contribution in [1.29, 1.82) is 0 Å². The number of fused-ring (bicyclic) bond motifs is 1. The van der Waals surface area contributed by atoms with Crippen LogP contribution in [0.4, 0.5) is 26.3 Å². The van der Waals surface area contributed by atoms with Gasteiger partial charge < -0.3 is 4.84 Å². The highest BCUT2D eigenvalue weighted by Gasteiger charge is 2.40. The van der Waals surface area contributed by atoms with Crippen LogP contribution < -0.4 is 4.84 Å². The first-order chi connectivity index (χ1) is 14.5. The zero-order valence-corrected chi connectivity index (χ0v) is 17.2. The van der Waals surface area contributed by atoms with Gasteiger partial charge in [0.2, 0.25) is 0 Å². The maximum absolute atomic E-state index is 13.2. The molecule has 0 amide bonds. The maximum atomic E-state index is 13.2. The minimum atomic E-state index is -5.04. The Morgan fingerprint density at radius 1 is 0.935 bits per heavy atom. The van der Waals surface area contributed by atoms with Crippen LogP contribution >= 0.6 is 0 Å². The molecule has 5 nitrogen and oxygen atoms in total. The van der Waals surface area contributed by atoms with Crippen LogP contribution in [0.15, 0.2) is 12.3 Å². The molecule has 0 saturated heterocycles. The van der Waals surface area contributed by atoms with Gasteiger partial charge in [0, 0.05) is 12.6 Å². The maximum Gasteiger partial charge on any atom is 0.453 e. The molecule has 0 N–H and O–H groups in total. The van der Waals surface area contributed by atoms with E-state index in [9.17, 15) is 31.1 Å². The van der Waals surface area contributed by atoms with Gasteiger partial charge in [-0.15, -0.1) is 4.73 Å². The van der Waals surface area contributed by atoms with Crippen molar-refractivity contribution in [2.24, 2.45) is 0 Å². The number of nitrogens with zero attached hydrogens (tertiary/aromatic N) is 3. The van der Waals surface area contributed by atoms with Crippen LogP contribution in [-0.2, 0) is 17.1 Å². The molecule has 0 aromatic carbocycles. The van der Waals surface area contributed by atoms with Gasteiger partial charge in [-0.05, 0) is 12.5 Å². The van der Waals surface area contributed by atoms with Crippen LogP contribution in [0.1, 0.15) is 82.5 Å². The SMILES string of the molecule is CCCCCCCCCCCC(=O)On1c(C(F)(F)F)nc2ncc(C(F)(F)F)cc21. The van der Waals surface area contributed by atoms with Crippen LogP contribution in [0.3, 0.4) is 0 Å².